The molecule has 0 spiro atoms. The van der Waals surface area contributed by atoms with Gasteiger partial charge in [0.1, 0.15) is 5.69 Å². The van der Waals surface area contributed by atoms with Gasteiger partial charge in [0.2, 0.25) is 5.91 Å². The third-order valence-electron chi connectivity index (χ3n) is 4.43. The molecular formula is C18H23N5O2S. The van der Waals surface area contributed by atoms with E-state index in [1.807, 2.05) is 36.2 Å². The molecule has 0 bridgehead atoms. The molecule has 1 saturated heterocycles. The van der Waals surface area contributed by atoms with E-state index < -0.39 is 0 Å². The molecule has 2 amide bonds. The van der Waals surface area contributed by atoms with Crippen LogP contribution in [-0.4, -0.2) is 56.9 Å². The molecule has 26 heavy (non-hydrogen) atoms. The number of aromatic nitrogens is 3. The summed E-state index contributed by atoms with van der Waals surface area (Å²) in [4.78, 5) is 30.7. The van der Waals surface area contributed by atoms with Crippen molar-refractivity contribution in [2.45, 2.75) is 36.1 Å². The lowest BCUT2D eigenvalue weighted by Gasteiger charge is -2.34. The molecule has 2 aromatic heterocycles. The molecule has 3 rings (SSSR count). The van der Waals surface area contributed by atoms with E-state index in [0.717, 1.165) is 24.4 Å². The van der Waals surface area contributed by atoms with E-state index in [9.17, 15) is 9.59 Å². The van der Waals surface area contributed by atoms with Gasteiger partial charge in [-0.25, -0.2) is 4.98 Å². The Morgan fingerprint density at radius 2 is 2.19 bits per heavy atom. The number of nitrogens with zero attached hydrogens (tertiary/aromatic N) is 4. The number of hydrogen-bond donors (Lipinski definition) is 1. The van der Waals surface area contributed by atoms with Crippen molar-refractivity contribution in [1.29, 1.82) is 0 Å². The van der Waals surface area contributed by atoms with E-state index >= 15 is 0 Å². The van der Waals surface area contributed by atoms with E-state index in [1.165, 1.54) is 11.8 Å². The Balaban J connectivity index is 1.63. The fourth-order valence-corrected chi connectivity index (χ4v) is 3.96. The van der Waals surface area contributed by atoms with Gasteiger partial charge < -0.3 is 10.2 Å². The Hall–Kier alpha value is -2.35. The van der Waals surface area contributed by atoms with Gasteiger partial charge in [-0.05, 0) is 38.0 Å². The molecule has 1 aliphatic heterocycles. The van der Waals surface area contributed by atoms with Gasteiger partial charge >= 0.3 is 0 Å². The number of rotatable bonds is 5. The molecule has 3 heterocycles. The summed E-state index contributed by atoms with van der Waals surface area (Å²) < 4.78 is 1.81. The highest BCUT2D eigenvalue weighted by Gasteiger charge is 2.29. The third-order valence-corrected chi connectivity index (χ3v) is 5.47. The van der Waals surface area contributed by atoms with Crippen LogP contribution in [0.25, 0.3) is 0 Å². The van der Waals surface area contributed by atoms with Crippen molar-refractivity contribution in [2.75, 3.05) is 20.1 Å². The summed E-state index contributed by atoms with van der Waals surface area (Å²) in [5.74, 6) is -0.0862. The zero-order valence-corrected chi connectivity index (χ0v) is 15.8. The fourth-order valence-electron chi connectivity index (χ4n) is 3.07. The van der Waals surface area contributed by atoms with Crippen molar-refractivity contribution in [3.8, 4) is 0 Å². The number of pyridine rings is 1. The van der Waals surface area contributed by atoms with E-state index in [-0.39, 0.29) is 23.1 Å². The molecule has 1 N–H and O–H groups in total. The van der Waals surface area contributed by atoms with E-state index in [4.69, 9.17) is 0 Å². The van der Waals surface area contributed by atoms with Crippen molar-refractivity contribution in [1.82, 2.24) is 25.0 Å². The molecule has 0 unspecified atom stereocenters. The second-order valence-electron chi connectivity index (χ2n) is 6.27. The van der Waals surface area contributed by atoms with Crippen LogP contribution in [0.4, 0.5) is 0 Å². The second-order valence-corrected chi connectivity index (χ2v) is 7.63. The number of carbonyl (C=O) groups excluding carboxylic acids is 2. The van der Waals surface area contributed by atoms with Crippen LogP contribution >= 0.6 is 11.8 Å². The van der Waals surface area contributed by atoms with Crippen LogP contribution in [0.2, 0.25) is 0 Å². The Morgan fingerprint density at radius 1 is 1.35 bits per heavy atom. The van der Waals surface area contributed by atoms with Crippen LogP contribution in [0, 0.1) is 0 Å². The number of likely N-dealkylation sites (tertiary alicyclic amines) is 1. The van der Waals surface area contributed by atoms with Gasteiger partial charge in [0.05, 0.1) is 16.3 Å². The highest BCUT2D eigenvalue weighted by Crippen LogP contribution is 2.26. The first-order valence-electron chi connectivity index (χ1n) is 8.72. The summed E-state index contributed by atoms with van der Waals surface area (Å²) >= 11 is 1.48. The smallest absolute Gasteiger partial charge is 0.271 e. The lowest BCUT2D eigenvalue weighted by molar-refractivity contribution is -0.132. The van der Waals surface area contributed by atoms with Crippen LogP contribution < -0.4 is 5.32 Å². The molecule has 2 atom stereocenters. The zero-order valence-electron chi connectivity index (χ0n) is 15.0. The molecule has 138 valence electrons. The average molecular weight is 373 g/mol. The molecule has 0 radical (unpaired) electrons. The topological polar surface area (TPSA) is 80.1 Å². The summed E-state index contributed by atoms with van der Waals surface area (Å²) in [7, 11) is 1.59. The molecule has 7 nitrogen and oxygen atoms in total. The standard InChI is InChI=1S/C18H23N5O2S/c1-13(26-16-7-3-4-9-20-16)18(25)22-10-5-6-14(12-22)23-11-8-15(21-23)17(24)19-2/h3-4,7-9,11,13-14H,5-6,10,12H2,1-2H3,(H,19,24)/t13-,14+/m0/s1. The lowest BCUT2D eigenvalue weighted by Crippen LogP contribution is -2.44. The minimum Gasteiger partial charge on any atom is -0.354 e. The number of nitrogens with one attached hydrogen (secondary N) is 1. The van der Waals surface area contributed by atoms with Gasteiger partial charge in [-0.15, -0.1) is 0 Å². The van der Waals surface area contributed by atoms with Gasteiger partial charge in [0.15, 0.2) is 0 Å². The lowest BCUT2D eigenvalue weighted by atomic mass is 10.1. The van der Waals surface area contributed by atoms with Crippen LogP contribution in [0.3, 0.4) is 0 Å². The highest BCUT2D eigenvalue weighted by atomic mass is 32.2. The Morgan fingerprint density at radius 3 is 2.92 bits per heavy atom. The van der Waals surface area contributed by atoms with Crippen LogP contribution in [0.1, 0.15) is 36.3 Å². The second kappa shape index (κ2) is 8.35. The number of carbonyl (C=O) groups is 2. The van der Waals surface area contributed by atoms with Gasteiger partial charge in [-0.1, -0.05) is 17.8 Å². The van der Waals surface area contributed by atoms with E-state index in [1.54, 1.807) is 24.0 Å². The van der Waals surface area contributed by atoms with Gasteiger partial charge in [0, 0.05) is 32.5 Å². The first kappa shape index (κ1) is 18.4. The number of thioether (sulfide) groups is 1. The van der Waals surface area contributed by atoms with Gasteiger partial charge in [0.25, 0.3) is 5.91 Å². The van der Waals surface area contributed by atoms with Crippen molar-refractivity contribution >= 4 is 23.6 Å². The summed E-state index contributed by atoms with van der Waals surface area (Å²) in [5, 5.41) is 7.60. The van der Waals surface area contributed by atoms with Crippen molar-refractivity contribution in [2.24, 2.45) is 0 Å². The predicted octanol–water partition coefficient (Wildman–Crippen LogP) is 1.98. The number of piperidine rings is 1. The van der Waals surface area contributed by atoms with Crippen LogP contribution in [0.15, 0.2) is 41.7 Å². The van der Waals surface area contributed by atoms with Gasteiger partial charge in [-0.2, -0.15) is 5.10 Å². The molecule has 1 fully saturated rings. The fraction of sp³-hybridized carbons (Fsp3) is 0.444. The molecule has 0 aromatic carbocycles. The Bertz CT molecular complexity index is 764. The van der Waals surface area contributed by atoms with Gasteiger partial charge in [-0.3, -0.25) is 14.3 Å². The summed E-state index contributed by atoms with van der Waals surface area (Å²) in [6.07, 6.45) is 5.42. The zero-order chi connectivity index (χ0) is 18.5. The average Bonchev–Trinajstić information content (AvgIpc) is 3.18. The minimum absolute atomic E-state index is 0.0955. The maximum atomic E-state index is 12.8. The maximum Gasteiger partial charge on any atom is 0.271 e. The van der Waals surface area contributed by atoms with E-state index in [0.29, 0.717) is 12.2 Å². The van der Waals surface area contributed by atoms with Crippen LogP contribution in [-0.2, 0) is 4.79 Å². The van der Waals surface area contributed by atoms with Crippen LogP contribution in [0.5, 0.6) is 0 Å². The normalized spacial score (nSPS) is 18.4. The molecule has 0 aliphatic carbocycles. The summed E-state index contributed by atoms with van der Waals surface area (Å²) in [6.45, 7) is 3.29. The van der Waals surface area contributed by atoms with E-state index in [2.05, 4.69) is 15.4 Å². The molecule has 2 aromatic rings. The maximum absolute atomic E-state index is 12.8. The first-order chi connectivity index (χ1) is 12.6. The summed E-state index contributed by atoms with van der Waals surface area (Å²) in [6, 6.07) is 7.50. The molecule has 0 saturated carbocycles. The van der Waals surface area contributed by atoms with Crippen molar-refractivity contribution in [3.05, 3.63) is 42.4 Å². The van der Waals surface area contributed by atoms with Crippen molar-refractivity contribution < 1.29 is 9.59 Å². The quantitative estimate of drug-likeness (QED) is 0.811. The SMILES string of the molecule is CNC(=O)c1ccn([C@@H]2CCCN(C(=O)[C@H](C)Sc3ccccn3)C2)n1. The Labute approximate surface area is 157 Å². The van der Waals surface area contributed by atoms with Crippen molar-refractivity contribution in [3.63, 3.8) is 0 Å². The largest absolute Gasteiger partial charge is 0.354 e. The predicted molar refractivity (Wildman–Crippen MR) is 100 cm³/mol. The molecule has 1 aliphatic rings. The molecular weight excluding hydrogens is 350 g/mol. The number of hydrogen-bond acceptors (Lipinski definition) is 5. The minimum atomic E-state index is -0.201. The summed E-state index contributed by atoms with van der Waals surface area (Å²) in [5.41, 5.74) is 0.398. The third kappa shape index (κ3) is 4.24. The number of amides is 2. The molecule has 8 heteroatoms. The first-order valence-corrected chi connectivity index (χ1v) is 9.60. The monoisotopic (exact) mass is 373 g/mol. The Kier molecular flexibility index (Phi) is 5.92. The highest BCUT2D eigenvalue weighted by molar-refractivity contribution is 8.00.